The van der Waals surface area contributed by atoms with Crippen molar-refractivity contribution in [2.24, 2.45) is 17.3 Å². The molecule has 2 rings (SSSR count). The van der Waals surface area contributed by atoms with Crippen LogP contribution in [-0.4, -0.2) is 37.0 Å². The molecule has 2 aliphatic carbocycles. The van der Waals surface area contributed by atoms with E-state index in [-0.39, 0.29) is 5.41 Å². The summed E-state index contributed by atoms with van der Waals surface area (Å²) in [6.07, 6.45) is 5.32. The number of hydrogen-bond donors (Lipinski definition) is 2. The van der Waals surface area contributed by atoms with Gasteiger partial charge in [-0.15, -0.1) is 0 Å². The highest BCUT2D eigenvalue weighted by atomic mass is 16.5. The Kier molecular flexibility index (Phi) is 4.68. The van der Waals surface area contributed by atoms with Crippen molar-refractivity contribution in [3.63, 3.8) is 0 Å². The minimum absolute atomic E-state index is 0.253. The van der Waals surface area contributed by atoms with Crippen LogP contribution in [0, 0.1) is 17.3 Å². The minimum Gasteiger partial charge on any atom is -0.396 e. The highest BCUT2D eigenvalue weighted by Gasteiger charge is 2.48. The van der Waals surface area contributed by atoms with Gasteiger partial charge in [-0.05, 0) is 44.6 Å². The molecule has 0 aliphatic heterocycles. The average molecular weight is 255 g/mol. The highest BCUT2D eigenvalue weighted by molar-refractivity contribution is 5.03. The van der Waals surface area contributed by atoms with E-state index < -0.39 is 0 Å². The quantitative estimate of drug-likeness (QED) is 0.764. The highest BCUT2D eigenvalue weighted by Crippen LogP contribution is 2.43. The Morgan fingerprint density at radius 3 is 2.61 bits per heavy atom. The zero-order valence-corrected chi connectivity index (χ0v) is 12.1. The maximum atomic E-state index is 9.34. The molecule has 0 aromatic rings. The third kappa shape index (κ3) is 2.73. The average Bonchev–Trinajstić information content (AvgIpc) is 2.80. The molecular formula is C15H29NO2. The molecule has 106 valence electrons. The Balaban J connectivity index is 1.75. The summed E-state index contributed by atoms with van der Waals surface area (Å²) >= 11 is 0. The summed E-state index contributed by atoms with van der Waals surface area (Å²) in [7, 11) is 0. The predicted octanol–water partition coefficient (Wildman–Crippen LogP) is 2.19. The van der Waals surface area contributed by atoms with E-state index in [2.05, 4.69) is 26.1 Å². The lowest BCUT2D eigenvalue weighted by atomic mass is 9.64. The first-order valence-electron chi connectivity index (χ1n) is 7.55. The zero-order valence-electron chi connectivity index (χ0n) is 12.1. The van der Waals surface area contributed by atoms with Crippen molar-refractivity contribution in [3.05, 3.63) is 0 Å². The Morgan fingerprint density at radius 2 is 2.00 bits per heavy atom. The minimum atomic E-state index is 0.253. The van der Waals surface area contributed by atoms with E-state index in [4.69, 9.17) is 4.74 Å². The van der Waals surface area contributed by atoms with Crippen LogP contribution in [0.15, 0.2) is 0 Å². The molecule has 0 aromatic carbocycles. The van der Waals surface area contributed by atoms with Crippen molar-refractivity contribution in [1.82, 2.24) is 5.32 Å². The first-order valence-corrected chi connectivity index (χ1v) is 7.55. The summed E-state index contributed by atoms with van der Waals surface area (Å²) in [5.74, 6) is 1.21. The lowest BCUT2D eigenvalue weighted by Crippen LogP contribution is -2.61. The van der Waals surface area contributed by atoms with Gasteiger partial charge in [0.1, 0.15) is 0 Å². The second kappa shape index (κ2) is 5.89. The largest absolute Gasteiger partial charge is 0.396 e. The zero-order chi connectivity index (χ0) is 13.2. The SMILES string of the molecule is CCOC1CC(NCC2CCCC2CO)C1(C)C. The second-order valence-electron chi connectivity index (χ2n) is 6.60. The summed E-state index contributed by atoms with van der Waals surface area (Å²) in [6.45, 7) is 8.91. The number of nitrogens with one attached hydrogen (secondary N) is 1. The van der Waals surface area contributed by atoms with Gasteiger partial charge in [-0.3, -0.25) is 0 Å². The maximum Gasteiger partial charge on any atom is 0.0655 e. The Labute approximate surface area is 111 Å². The Bertz CT molecular complexity index is 267. The standard InChI is InChI=1S/C15H29NO2/c1-4-18-14-8-13(15(14,2)3)16-9-11-6-5-7-12(11)10-17/h11-14,16-17H,4-10H2,1-3H3. The third-order valence-electron chi connectivity index (χ3n) is 5.22. The van der Waals surface area contributed by atoms with E-state index in [9.17, 15) is 5.11 Å². The van der Waals surface area contributed by atoms with Gasteiger partial charge in [-0.1, -0.05) is 20.3 Å². The molecule has 3 heteroatoms. The van der Waals surface area contributed by atoms with Crippen molar-refractivity contribution in [2.75, 3.05) is 19.8 Å². The monoisotopic (exact) mass is 255 g/mol. The molecule has 2 aliphatic rings. The molecule has 0 aromatic heterocycles. The molecule has 0 bridgehead atoms. The van der Waals surface area contributed by atoms with E-state index in [0.717, 1.165) is 19.6 Å². The predicted molar refractivity (Wildman–Crippen MR) is 73.5 cm³/mol. The molecule has 0 amide bonds. The molecular weight excluding hydrogens is 226 g/mol. The first-order chi connectivity index (χ1) is 8.59. The van der Waals surface area contributed by atoms with Gasteiger partial charge in [0.15, 0.2) is 0 Å². The molecule has 2 fully saturated rings. The second-order valence-corrected chi connectivity index (χ2v) is 6.60. The molecule has 0 radical (unpaired) electrons. The van der Waals surface area contributed by atoms with Crippen LogP contribution in [0.4, 0.5) is 0 Å². The lowest BCUT2D eigenvalue weighted by Gasteiger charge is -2.52. The van der Waals surface area contributed by atoms with Crippen LogP contribution in [0.3, 0.4) is 0 Å². The van der Waals surface area contributed by atoms with Crippen LogP contribution in [-0.2, 0) is 4.74 Å². The van der Waals surface area contributed by atoms with Gasteiger partial charge in [0, 0.05) is 24.7 Å². The molecule has 0 saturated heterocycles. The molecule has 2 N–H and O–H groups in total. The number of aliphatic hydroxyl groups is 1. The molecule has 18 heavy (non-hydrogen) atoms. The third-order valence-corrected chi connectivity index (χ3v) is 5.22. The van der Waals surface area contributed by atoms with Gasteiger partial charge >= 0.3 is 0 Å². The van der Waals surface area contributed by atoms with Crippen molar-refractivity contribution < 1.29 is 9.84 Å². The summed E-state index contributed by atoms with van der Waals surface area (Å²) in [5.41, 5.74) is 0.253. The van der Waals surface area contributed by atoms with Gasteiger partial charge in [-0.25, -0.2) is 0 Å². The van der Waals surface area contributed by atoms with Crippen LogP contribution in [0.1, 0.15) is 46.5 Å². The summed E-state index contributed by atoms with van der Waals surface area (Å²) in [6, 6.07) is 0.578. The van der Waals surface area contributed by atoms with E-state index >= 15 is 0 Å². The van der Waals surface area contributed by atoms with Gasteiger partial charge in [0.05, 0.1) is 6.10 Å². The number of ether oxygens (including phenoxy) is 1. The molecule has 0 heterocycles. The van der Waals surface area contributed by atoms with Crippen molar-refractivity contribution in [1.29, 1.82) is 0 Å². The van der Waals surface area contributed by atoms with Gasteiger partial charge < -0.3 is 15.2 Å². The first kappa shape index (κ1) is 14.3. The normalized spacial score (nSPS) is 38.7. The van der Waals surface area contributed by atoms with Gasteiger partial charge in [0.2, 0.25) is 0 Å². The van der Waals surface area contributed by atoms with Gasteiger partial charge in [-0.2, -0.15) is 0 Å². The van der Waals surface area contributed by atoms with Gasteiger partial charge in [0.25, 0.3) is 0 Å². The molecule has 2 saturated carbocycles. The summed E-state index contributed by atoms with van der Waals surface area (Å²) in [5, 5.41) is 13.1. The van der Waals surface area contributed by atoms with Crippen molar-refractivity contribution in [3.8, 4) is 0 Å². The fraction of sp³-hybridized carbons (Fsp3) is 1.00. The molecule has 3 nitrogen and oxygen atoms in total. The van der Waals surface area contributed by atoms with Crippen molar-refractivity contribution in [2.45, 2.75) is 58.6 Å². The fourth-order valence-corrected chi connectivity index (χ4v) is 3.63. The van der Waals surface area contributed by atoms with E-state index in [0.29, 0.717) is 30.6 Å². The number of hydrogen-bond acceptors (Lipinski definition) is 3. The number of aliphatic hydroxyl groups excluding tert-OH is 1. The van der Waals surface area contributed by atoms with E-state index in [1.54, 1.807) is 0 Å². The molecule has 4 atom stereocenters. The fourth-order valence-electron chi connectivity index (χ4n) is 3.63. The van der Waals surface area contributed by atoms with Crippen LogP contribution < -0.4 is 5.32 Å². The number of rotatable bonds is 6. The van der Waals surface area contributed by atoms with Crippen LogP contribution >= 0.6 is 0 Å². The van der Waals surface area contributed by atoms with Crippen molar-refractivity contribution >= 4 is 0 Å². The van der Waals surface area contributed by atoms with E-state index in [1.165, 1.54) is 19.3 Å². The summed E-state index contributed by atoms with van der Waals surface area (Å²) < 4.78 is 5.76. The van der Waals surface area contributed by atoms with Crippen LogP contribution in [0.25, 0.3) is 0 Å². The maximum absolute atomic E-state index is 9.34. The summed E-state index contributed by atoms with van der Waals surface area (Å²) in [4.78, 5) is 0. The molecule has 0 spiro atoms. The van der Waals surface area contributed by atoms with Crippen LogP contribution in [0.2, 0.25) is 0 Å². The Hall–Kier alpha value is -0.120. The molecule has 4 unspecified atom stereocenters. The van der Waals surface area contributed by atoms with Crippen LogP contribution in [0.5, 0.6) is 0 Å². The topological polar surface area (TPSA) is 41.5 Å². The Morgan fingerprint density at radius 1 is 1.28 bits per heavy atom. The smallest absolute Gasteiger partial charge is 0.0655 e. The van der Waals surface area contributed by atoms with E-state index in [1.807, 2.05) is 0 Å². The lowest BCUT2D eigenvalue weighted by molar-refractivity contribution is -0.114.